The van der Waals surface area contributed by atoms with Gasteiger partial charge in [-0.25, -0.2) is 19.7 Å². The summed E-state index contributed by atoms with van der Waals surface area (Å²) in [6, 6.07) is 8.48. The molecule has 2 heterocycles. The van der Waals surface area contributed by atoms with Gasteiger partial charge in [0.15, 0.2) is 0 Å². The van der Waals surface area contributed by atoms with Crippen molar-refractivity contribution in [1.29, 1.82) is 0 Å². The lowest BCUT2D eigenvalue weighted by Crippen LogP contribution is -2.53. The zero-order chi connectivity index (χ0) is 16.3. The largest absolute Gasteiger partial charge is 0.465 e. The number of para-hydroxylation sites is 1. The van der Waals surface area contributed by atoms with Crippen LogP contribution in [0.5, 0.6) is 5.75 Å². The summed E-state index contributed by atoms with van der Waals surface area (Å²) in [6.45, 7) is -0.248. The molecule has 1 aliphatic rings. The van der Waals surface area contributed by atoms with E-state index in [0.29, 0.717) is 11.6 Å². The number of alkyl halides is 1. The number of amides is 1. The number of carboxylic acid groups (broad SMARTS) is 1. The molecular weight excluding hydrogens is 303 g/mol. The van der Waals surface area contributed by atoms with E-state index in [1.54, 1.807) is 30.3 Å². The number of nitrogens with zero attached hydrogens (tertiary/aromatic N) is 4. The topological polar surface area (TPSA) is 88.4 Å². The molecule has 0 aliphatic carbocycles. The second-order valence-electron chi connectivity index (χ2n) is 5.36. The van der Waals surface area contributed by atoms with Gasteiger partial charge in [-0.15, -0.1) is 0 Å². The van der Waals surface area contributed by atoms with Gasteiger partial charge in [-0.2, -0.15) is 4.39 Å². The van der Waals surface area contributed by atoms with E-state index in [2.05, 4.69) is 15.0 Å². The van der Waals surface area contributed by atoms with Crippen molar-refractivity contribution in [2.75, 3.05) is 13.1 Å². The summed E-state index contributed by atoms with van der Waals surface area (Å²) in [7, 11) is 0. The number of hydrogen-bond donors (Lipinski definition) is 1. The average Bonchev–Trinajstić information content (AvgIpc) is 2.55. The Kier molecular flexibility index (Phi) is 4.05. The maximum absolute atomic E-state index is 15.2. The second-order valence-corrected chi connectivity index (χ2v) is 5.36. The third-order valence-electron chi connectivity index (χ3n) is 3.61. The van der Waals surface area contributed by atoms with Crippen LogP contribution in [0.25, 0.3) is 0 Å². The molecule has 3 rings (SSSR count). The summed E-state index contributed by atoms with van der Waals surface area (Å²) in [5, 5.41) is 9.25. The molecule has 1 saturated heterocycles. The van der Waals surface area contributed by atoms with E-state index in [1.807, 2.05) is 0 Å². The third-order valence-corrected chi connectivity index (χ3v) is 3.61. The summed E-state index contributed by atoms with van der Waals surface area (Å²) < 4.78 is 20.6. The first-order valence-corrected chi connectivity index (χ1v) is 7.08. The van der Waals surface area contributed by atoms with Crippen molar-refractivity contribution in [1.82, 2.24) is 19.9 Å². The molecule has 0 saturated carbocycles. The van der Waals surface area contributed by atoms with Crippen LogP contribution >= 0.6 is 0 Å². The summed E-state index contributed by atoms with van der Waals surface area (Å²) in [5.74, 6) is -1.95. The molecular formula is C15H15FN4O3. The number of benzene rings is 1. The van der Waals surface area contributed by atoms with Crippen LogP contribution in [0.1, 0.15) is 18.2 Å². The van der Waals surface area contributed by atoms with E-state index in [1.165, 1.54) is 12.7 Å². The smallest absolute Gasteiger partial charge is 0.407 e. The Morgan fingerprint density at radius 3 is 2.65 bits per heavy atom. The van der Waals surface area contributed by atoms with Crippen molar-refractivity contribution in [3.63, 3.8) is 0 Å². The highest BCUT2D eigenvalue weighted by Gasteiger charge is 2.45. The predicted molar refractivity (Wildman–Crippen MR) is 77.7 cm³/mol. The summed E-state index contributed by atoms with van der Waals surface area (Å²) in [6.07, 6.45) is 1.37. The number of piperidine rings is 1. The minimum absolute atomic E-state index is 0.0321. The second kappa shape index (κ2) is 6.15. The number of likely N-dealkylation sites (tertiary alicyclic amines) is 1. The monoisotopic (exact) mass is 318 g/mol. The van der Waals surface area contributed by atoms with Crippen molar-refractivity contribution in [3.05, 3.63) is 48.8 Å². The molecule has 2 atom stereocenters. The molecule has 8 heteroatoms. The minimum atomic E-state index is -2.14. The van der Waals surface area contributed by atoms with E-state index >= 15 is 4.39 Å². The van der Waals surface area contributed by atoms with Gasteiger partial charge in [0, 0.05) is 18.9 Å². The molecule has 120 valence electrons. The van der Waals surface area contributed by atoms with Crippen LogP contribution in [0.15, 0.2) is 43.0 Å². The normalized spacial score (nSPS) is 24.2. The Balaban J connectivity index is 1.85. The van der Waals surface area contributed by atoms with Crippen molar-refractivity contribution in [2.24, 2.45) is 0 Å². The molecule has 1 aromatic heterocycles. The standard InChI is InChI=1S/C15H15FN4O3/c16-15(23-12-4-2-1-3-5-12)6-11(7-20(8-15)14(21)22)13-18-9-17-10-19-13/h1-5,9-11H,6-8H2,(H,21,22). The van der Waals surface area contributed by atoms with Gasteiger partial charge in [0.1, 0.15) is 24.2 Å². The minimum Gasteiger partial charge on any atom is -0.465 e. The van der Waals surface area contributed by atoms with Gasteiger partial charge in [0.25, 0.3) is 5.85 Å². The van der Waals surface area contributed by atoms with Crippen LogP contribution in [-0.2, 0) is 0 Å². The molecule has 2 unspecified atom stereocenters. The highest BCUT2D eigenvalue weighted by Crippen LogP contribution is 2.35. The first-order chi connectivity index (χ1) is 11.1. The Bertz CT molecular complexity index is 673. The average molecular weight is 318 g/mol. The third kappa shape index (κ3) is 3.53. The van der Waals surface area contributed by atoms with E-state index in [9.17, 15) is 9.90 Å². The number of ether oxygens (including phenoxy) is 1. The highest BCUT2D eigenvalue weighted by atomic mass is 19.2. The molecule has 2 aromatic rings. The Hall–Kier alpha value is -2.77. The van der Waals surface area contributed by atoms with Crippen LogP contribution < -0.4 is 4.74 Å². The van der Waals surface area contributed by atoms with E-state index in [0.717, 1.165) is 4.90 Å². The number of hydrogen-bond acceptors (Lipinski definition) is 5. The Labute approximate surface area is 131 Å². The van der Waals surface area contributed by atoms with Gasteiger partial charge in [-0.05, 0) is 12.1 Å². The maximum atomic E-state index is 15.2. The zero-order valence-corrected chi connectivity index (χ0v) is 12.2. The highest BCUT2D eigenvalue weighted by molar-refractivity contribution is 5.65. The van der Waals surface area contributed by atoms with Crippen LogP contribution in [-0.4, -0.2) is 50.0 Å². The summed E-state index contributed by atoms with van der Waals surface area (Å²) >= 11 is 0. The maximum Gasteiger partial charge on any atom is 0.407 e. The van der Waals surface area contributed by atoms with Gasteiger partial charge in [-0.1, -0.05) is 18.2 Å². The van der Waals surface area contributed by atoms with Crippen molar-refractivity contribution in [3.8, 4) is 5.75 Å². The number of carbonyl (C=O) groups is 1. The fraction of sp³-hybridized carbons (Fsp3) is 0.333. The van der Waals surface area contributed by atoms with Crippen LogP contribution in [0, 0.1) is 0 Å². The lowest BCUT2D eigenvalue weighted by molar-refractivity contribution is -0.112. The van der Waals surface area contributed by atoms with Crippen LogP contribution in [0.3, 0.4) is 0 Å². The molecule has 1 aliphatic heterocycles. The summed E-state index contributed by atoms with van der Waals surface area (Å²) in [5.41, 5.74) is 0. The fourth-order valence-electron chi connectivity index (χ4n) is 2.66. The lowest BCUT2D eigenvalue weighted by atomic mass is 9.93. The fourth-order valence-corrected chi connectivity index (χ4v) is 2.66. The predicted octanol–water partition coefficient (Wildman–Crippen LogP) is 2.08. The summed E-state index contributed by atoms with van der Waals surface area (Å²) in [4.78, 5) is 24.0. The Morgan fingerprint density at radius 1 is 1.30 bits per heavy atom. The number of rotatable bonds is 3. The van der Waals surface area contributed by atoms with Crippen molar-refractivity contribution >= 4 is 6.09 Å². The molecule has 1 N–H and O–H groups in total. The van der Waals surface area contributed by atoms with Crippen LogP contribution in [0.4, 0.5) is 9.18 Å². The molecule has 0 bridgehead atoms. The molecule has 0 radical (unpaired) electrons. The SMILES string of the molecule is O=C(O)N1CC(c2ncncn2)CC(F)(Oc2ccccc2)C1. The van der Waals surface area contributed by atoms with Gasteiger partial charge in [-0.3, -0.25) is 0 Å². The van der Waals surface area contributed by atoms with Gasteiger partial charge in [0.05, 0.1) is 6.54 Å². The van der Waals surface area contributed by atoms with E-state index in [4.69, 9.17) is 4.74 Å². The molecule has 7 nitrogen and oxygen atoms in total. The van der Waals surface area contributed by atoms with E-state index < -0.39 is 17.9 Å². The zero-order valence-electron chi connectivity index (χ0n) is 12.2. The van der Waals surface area contributed by atoms with Gasteiger partial charge >= 0.3 is 6.09 Å². The first kappa shape index (κ1) is 15.1. The van der Waals surface area contributed by atoms with Gasteiger partial charge < -0.3 is 14.7 Å². The Morgan fingerprint density at radius 2 is 2.00 bits per heavy atom. The quantitative estimate of drug-likeness (QED) is 0.932. The van der Waals surface area contributed by atoms with E-state index in [-0.39, 0.29) is 19.5 Å². The number of aromatic nitrogens is 3. The molecule has 23 heavy (non-hydrogen) atoms. The molecule has 1 aromatic carbocycles. The van der Waals surface area contributed by atoms with Gasteiger partial charge in [0.2, 0.25) is 0 Å². The lowest BCUT2D eigenvalue weighted by Gasteiger charge is -2.39. The molecule has 0 spiro atoms. The van der Waals surface area contributed by atoms with Crippen LogP contribution in [0.2, 0.25) is 0 Å². The first-order valence-electron chi connectivity index (χ1n) is 7.08. The molecule has 1 fully saturated rings. The molecule has 1 amide bonds. The van der Waals surface area contributed by atoms with Crippen molar-refractivity contribution < 1.29 is 19.0 Å². The number of halogens is 1. The van der Waals surface area contributed by atoms with Crippen molar-refractivity contribution in [2.45, 2.75) is 18.2 Å².